The zero-order valence-corrected chi connectivity index (χ0v) is 12.7. The molecule has 4 rings (SSSR count). The van der Waals surface area contributed by atoms with Gasteiger partial charge in [-0.1, -0.05) is 6.07 Å². The minimum absolute atomic E-state index is 0.0273. The molecule has 2 aliphatic rings. The fraction of sp³-hybridized carbons (Fsp3) is 0.250. The molecule has 2 aliphatic heterocycles. The van der Waals surface area contributed by atoms with Crippen LogP contribution in [0.1, 0.15) is 45.3 Å². The number of urea groups is 1. The second-order valence-electron chi connectivity index (χ2n) is 5.83. The number of nitrogens with zero attached hydrogens (tertiary/aromatic N) is 2. The molecule has 8 nitrogen and oxygen atoms in total. The lowest BCUT2D eigenvalue weighted by Gasteiger charge is -2.17. The molecule has 1 unspecified atom stereocenters. The van der Waals surface area contributed by atoms with Gasteiger partial charge in [0.25, 0.3) is 5.91 Å². The molecule has 2 aromatic rings. The number of carbonyl (C=O) groups is 3. The van der Waals surface area contributed by atoms with Crippen molar-refractivity contribution in [2.75, 3.05) is 17.2 Å². The van der Waals surface area contributed by atoms with Crippen molar-refractivity contribution in [3.8, 4) is 0 Å². The zero-order chi connectivity index (χ0) is 16.7. The number of hydrogen-bond donors (Lipinski definition) is 3. The van der Waals surface area contributed by atoms with E-state index in [2.05, 4.69) is 20.8 Å². The Morgan fingerprint density at radius 1 is 1.38 bits per heavy atom. The third kappa shape index (κ3) is 2.23. The van der Waals surface area contributed by atoms with Gasteiger partial charge in [-0.15, -0.1) is 0 Å². The van der Waals surface area contributed by atoms with Gasteiger partial charge in [0.05, 0.1) is 11.7 Å². The van der Waals surface area contributed by atoms with E-state index in [-0.39, 0.29) is 23.5 Å². The lowest BCUT2D eigenvalue weighted by molar-refractivity contribution is 0.0776. The summed E-state index contributed by atoms with van der Waals surface area (Å²) in [4.78, 5) is 37.1. The van der Waals surface area contributed by atoms with Crippen molar-refractivity contribution in [1.82, 2.24) is 15.1 Å². The number of aldehydes is 1. The maximum absolute atomic E-state index is 12.4. The summed E-state index contributed by atoms with van der Waals surface area (Å²) in [5, 5.41) is 11.6. The first kappa shape index (κ1) is 14.4. The quantitative estimate of drug-likeness (QED) is 0.752. The van der Waals surface area contributed by atoms with Gasteiger partial charge >= 0.3 is 6.03 Å². The highest BCUT2D eigenvalue weighted by Crippen LogP contribution is 2.44. The van der Waals surface area contributed by atoms with E-state index in [1.807, 2.05) is 4.90 Å². The third-order valence-electron chi connectivity index (χ3n) is 4.40. The van der Waals surface area contributed by atoms with E-state index in [4.69, 9.17) is 0 Å². The number of rotatable bonds is 3. The molecular weight excluding hydrogens is 310 g/mol. The van der Waals surface area contributed by atoms with Crippen molar-refractivity contribution in [1.29, 1.82) is 0 Å². The van der Waals surface area contributed by atoms with Crippen molar-refractivity contribution in [3.05, 3.63) is 41.1 Å². The van der Waals surface area contributed by atoms with Crippen LogP contribution < -0.4 is 10.6 Å². The van der Waals surface area contributed by atoms with Crippen LogP contribution >= 0.6 is 0 Å². The van der Waals surface area contributed by atoms with E-state index in [1.54, 1.807) is 18.2 Å². The molecular formula is C16H15N5O3. The minimum atomic E-state index is -0.476. The molecule has 3 amide bonds. The third-order valence-corrected chi connectivity index (χ3v) is 4.40. The highest BCUT2D eigenvalue weighted by atomic mass is 16.2. The second-order valence-corrected chi connectivity index (χ2v) is 5.83. The summed E-state index contributed by atoms with van der Waals surface area (Å²) < 4.78 is 0. The lowest BCUT2D eigenvalue weighted by atomic mass is 10.0. The minimum Gasteiger partial charge on any atom is -0.331 e. The summed E-state index contributed by atoms with van der Waals surface area (Å²) in [6, 6.07) is 6.34. The largest absolute Gasteiger partial charge is 0.331 e. The Kier molecular flexibility index (Phi) is 3.30. The van der Waals surface area contributed by atoms with E-state index in [0.29, 0.717) is 17.5 Å². The Morgan fingerprint density at radius 3 is 3.04 bits per heavy atom. The SMILES string of the molecule is O=Cc1cc(NC(=O)Nc2cccc3c2C2CCCN2C3=O)n[nH]1. The van der Waals surface area contributed by atoms with Gasteiger partial charge in [0.1, 0.15) is 0 Å². The van der Waals surface area contributed by atoms with Crippen LogP contribution in [-0.4, -0.2) is 39.9 Å². The van der Waals surface area contributed by atoms with Crippen LogP contribution in [0.5, 0.6) is 0 Å². The Bertz CT molecular complexity index is 844. The van der Waals surface area contributed by atoms with Crippen LogP contribution in [0, 0.1) is 0 Å². The van der Waals surface area contributed by atoms with Gasteiger partial charge in [-0.2, -0.15) is 5.10 Å². The van der Waals surface area contributed by atoms with Crippen LogP contribution in [0.15, 0.2) is 24.3 Å². The monoisotopic (exact) mass is 325 g/mol. The molecule has 0 aliphatic carbocycles. The number of carbonyl (C=O) groups excluding carboxylic acids is 3. The average Bonchev–Trinajstić information content (AvgIpc) is 3.27. The highest BCUT2D eigenvalue weighted by molar-refractivity contribution is 6.05. The summed E-state index contributed by atoms with van der Waals surface area (Å²) in [6.07, 6.45) is 2.49. The Morgan fingerprint density at radius 2 is 2.25 bits per heavy atom. The molecule has 1 fully saturated rings. The van der Waals surface area contributed by atoms with Gasteiger partial charge in [-0.05, 0) is 25.0 Å². The number of amides is 3. The summed E-state index contributed by atoms with van der Waals surface area (Å²) in [5.41, 5.74) is 2.43. The number of aromatic nitrogens is 2. The summed E-state index contributed by atoms with van der Waals surface area (Å²) in [6.45, 7) is 0.756. The van der Waals surface area contributed by atoms with E-state index in [9.17, 15) is 14.4 Å². The number of nitrogens with one attached hydrogen (secondary N) is 3. The topological polar surface area (TPSA) is 107 Å². The molecule has 0 bridgehead atoms. The summed E-state index contributed by atoms with van der Waals surface area (Å²) in [5.74, 6) is 0.278. The Balaban J connectivity index is 1.56. The fourth-order valence-electron chi connectivity index (χ4n) is 3.42. The fourth-order valence-corrected chi connectivity index (χ4v) is 3.42. The predicted molar refractivity (Wildman–Crippen MR) is 86.1 cm³/mol. The summed E-state index contributed by atoms with van der Waals surface area (Å²) >= 11 is 0. The maximum atomic E-state index is 12.4. The van der Waals surface area contributed by atoms with Crippen molar-refractivity contribution >= 4 is 29.7 Å². The van der Waals surface area contributed by atoms with Crippen LogP contribution in [-0.2, 0) is 0 Å². The zero-order valence-electron chi connectivity index (χ0n) is 12.7. The molecule has 0 spiro atoms. The van der Waals surface area contributed by atoms with Gasteiger partial charge in [-0.25, -0.2) is 4.79 Å². The first-order chi connectivity index (χ1) is 11.7. The van der Waals surface area contributed by atoms with Crippen LogP contribution in [0.2, 0.25) is 0 Å². The molecule has 3 N–H and O–H groups in total. The smallest absolute Gasteiger partial charge is 0.324 e. The maximum Gasteiger partial charge on any atom is 0.324 e. The standard InChI is InChI=1S/C16H15N5O3/c22-8-9-7-13(20-19-9)18-16(24)17-11-4-1-3-10-14(11)12-5-2-6-21(12)15(10)23/h1,3-4,7-8,12H,2,5-6H2,(H3,17,18,19,20,24). The number of hydrogen-bond acceptors (Lipinski definition) is 4. The Labute approximate surface area is 137 Å². The molecule has 8 heteroatoms. The number of benzene rings is 1. The van der Waals surface area contributed by atoms with Crippen LogP contribution in [0.3, 0.4) is 0 Å². The van der Waals surface area contributed by atoms with Crippen LogP contribution in [0.25, 0.3) is 0 Å². The molecule has 24 heavy (non-hydrogen) atoms. The molecule has 3 heterocycles. The molecule has 1 atom stereocenters. The molecule has 1 aromatic carbocycles. The number of aromatic amines is 1. The molecule has 1 aromatic heterocycles. The van der Waals surface area contributed by atoms with E-state index in [1.165, 1.54) is 6.07 Å². The van der Waals surface area contributed by atoms with Gasteiger partial charge in [0.2, 0.25) is 0 Å². The normalized spacial score (nSPS) is 18.2. The van der Waals surface area contributed by atoms with E-state index in [0.717, 1.165) is 24.9 Å². The van der Waals surface area contributed by atoms with Crippen molar-refractivity contribution in [2.24, 2.45) is 0 Å². The second kappa shape index (κ2) is 5.48. The molecule has 0 saturated carbocycles. The van der Waals surface area contributed by atoms with Crippen molar-refractivity contribution in [2.45, 2.75) is 18.9 Å². The van der Waals surface area contributed by atoms with Crippen LogP contribution in [0.4, 0.5) is 16.3 Å². The van der Waals surface area contributed by atoms with Gasteiger partial charge in [0, 0.05) is 29.4 Å². The van der Waals surface area contributed by atoms with E-state index < -0.39 is 6.03 Å². The summed E-state index contributed by atoms with van der Waals surface area (Å²) in [7, 11) is 0. The van der Waals surface area contributed by atoms with E-state index >= 15 is 0 Å². The van der Waals surface area contributed by atoms with Gasteiger partial charge < -0.3 is 10.2 Å². The predicted octanol–water partition coefficient (Wildman–Crippen LogP) is 2.16. The Hall–Kier alpha value is -3.16. The average molecular weight is 325 g/mol. The first-order valence-corrected chi connectivity index (χ1v) is 7.70. The van der Waals surface area contributed by atoms with Gasteiger partial charge in [0.15, 0.2) is 12.1 Å². The number of H-pyrrole nitrogens is 1. The first-order valence-electron chi connectivity index (χ1n) is 7.70. The number of fused-ring (bicyclic) bond motifs is 3. The lowest BCUT2D eigenvalue weighted by Crippen LogP contribution is -2.23. The van der Waals surface area contributed by atoms with Crippen molar-refractivity contribution < 1.29 is 14.4 Å². The molecule has 1 saturated heterocycles. The van der Waals surface area contributed by atoms with Crippen molar-refractivity contribution in [3.63, 3.8) is 0 Å². The van der Waals surface area contributed by atoms with Gasteiger partial charge in [-0.3, -0.25) is 20.0 Å². The molecule has 0 radical (unpaired) electrons. The highest BCUT2D eigenvalue weighted by Gasteiger charge is 2.41. The molecule has 122 valence electrons. The number of anilines is 2.